The van der Waals surface area contributed by atoms with Gasteiger partial charge in [-0.3, -0.25) is 4.79 Å². The minimum absolute atomic E-state index is 0.0122. The van der Waals surface area contributed by atoms with Crippen LogP contribution in [0.5, 0.6) is 0 Å². The summed E-state index contributed by atoms with van der Waals surface area (Å²) in [4.78, 5) is 11.8. The summed E-state index contributed by atoms with van der Waals surface area (Å²) in [6.07, 6.45) is 16.7. The molecule has 5 aliphatic carbocycles. The Kier molecular flexibility index (Phi) is 5.26. The van der Waals surface area contributed by atoms with E-state index in [1.165, 1.54) is 38.5 Å². The number of ether oxygens (including phenoxy) is 1. The summed E-state index contributed by atoms with van der Waals surface area (Å²) in [7, 11) is 0. The van der Waals surface area contributed by atoms with E-state index in [1.807, 2.05) is 0 Å². The lowest BCUT2D eigenvalue weighted by molar-refractivity contribution is -0.173. The number of hydrogen-bond donors (Lipinski definition) is 0. The third-order valence-corrected chi connectivity index (χ3v) is 13.3. The lowest BCUT2D eigenvalue weighted by Gasteiger charge is -2.70. The van der Waals surface area contributed by atoms with E-state index in [1.54, 1.807) is 18.1 Å². The van der Waals surface area contributed by atoms with E-state index in [9.17, 15) is 4.79 Å². The summed E-state index contributed by atoms with van der Waals surface area (Å²) in [5.41, 5.74) is 5.00. The molecular formula is C32H50O2. The fourth-order valence-corrected chi connectivity index (χ4v) is 10.5. The zero-order chi connectivity index (χ0) is 24.9. The van der Waals surface area contributed by atoms with Crippen molar-refractivity contribution in [2.24, 2.45) is 44.3 Å². The molecule has 0 heterocycles. The van der Waals surface area contributed by atoms with Gasteiger partial charge in [-0.15, -0.1) is 0 Å². The molecule has 34 heavy (non-hydrogen) atoms. The molecule has 0 aromatic rings. The number of allylic oxidation sites excluding steroid dienone is 4. The van der Waals surface area contributed by atoms with Crippen LogP contribution in [0.1, 0.15) is 120 Å². The van der Waals surface area contributed by atoms with Crippen LogP contribution in [-0.4, -0.2) is 12.1 Å². The van der Waals surface area contributed by atoms with Gasteiger partial charge in [0.25, 0.3) is 0 Å². The standard InChI is InChI=1S/C32H50O2/c1-21(33)34-26-15-17-29(6)22-14-18-32(9)25-11-10-16-27(2,3)31(25,8)20-19-30(32,7)23(22)12-13-24(29)28(26,4)5/h12,14,24-26H,10-11,13,15-20H2,1-9H3/t24-,25+,26-,29+,30+,31-,32-/m0/s1. The molecule has 0 saturated heterocycles. The summed E-state index contributed by atoms with van der Waals surface area (Å²) in [6.45, 7) is 21.9. The van der Waals surface area contributed by atoms with Gasteiger partial charge in [-0.25, -0.2) is 0 Å². The van der Waals surface area contributed by atoms with Crippen LogP contribution in [0.25, 0.3) is 0 Å². The maximum atomic E-state index is 11.8. The Morgan fingerprint density at radius 1 is 0.824 bits per heavy atom. The molecule has 3 saturated carbocycles. The highest BCUT2D eigenvalue weighted by Gasteiger charge is 2.67. The van der Waals surface area contributed by atoms with Gasteiger partial charge < -0.3 is 4.74 Å². The molecule has 0 bridgehead atoms. The van der Waals surface area contributed by atoms with Gasteiger partial charge in [0.1, 0.15) is 6.10 Å². The lowest BCUT2D eigenvalue weighted by atomic mass is 9.34. The average molecular weight is 467 g/mol. The summed E-state index contributed by atoms with van der Waals surface area (Å²) < 4.78 is 5.87. The molecule has 5 aliphatic rings. The summed E-state index contributed by atoms with van der Waals surface area (Å²) >= 11 is 0. The summed E-state index contributed by atoms with van der Waals surface area (Å²) in [5, 5.41) is 0. The Balaban J connectivity index is 1.56. The van der Waals surface area contributed by atoms with Gasteiger partial charge in [-0.05, 0) is 101 Å². The normalized spacial score (nSPS) is 48.8. The molecule has 0 spiro atoms. The molecule has 0 unspecified atom stereocenters. The molecule has 0 amide bonds. The second-order valence-corrected chi connectivity index (χ2v) is 15.1. The molecule has 190 valence electrons. The fraction of sp³-hybridized carbons (Fsp3) is 0.844. The van der Waals surface area contributed by atoms with Gasteiger partial charge in [-0.2, -0.15) is 0 Å². The van der Waals surface area contributed by atoms with E-state index in [0.29, 0.717) is 22.2 Å². The number of carbonyl (C=O) groups is 1. The van der Waals surface area contributed by atoms with Crippen LogP contribution in [0.3, 0.4) is 0 Å². The van der Waals surface area contributed by atoms with Crippen LogP contribution in [0.15, 0.2) is 23.3 Å². The highest BCUT2D eigenvalue weighted by molar-refractivity contribution is 5.66. The van der Waals surface area contributed by atoms with Crippen LogP contribution < -0.4 is 0 Å². The lowest BCUT2D eigenvalue weighted by Crippen LogP contribution is -2.62. The van der Waals surface area contributed by atoms with Crippen molar-refractivity contribution in [3.63, 3.8) is 0 Å². The zero-order valence-electron chi connectivity index (χ0n) is 23.6. The Labute approximate surface area is 209 Å². The topological polar surface area (TPSA) is 26.3 Å². The first-order valence-electron chi connectivity index (χ1n) is 14.2. The van der Waals surface area contributed by atoms with Crippen molar-refractivity contribution in [1.29, 1.82) is 0 Å². The van der Waals surface area contributed by atoms with Crippen LogP contribution in [-0.2, 0) is 9.53 Å². The Hall–Kier alpha value is -1.05. The van der Waals surface area contributed by atoms with Gasteiger partial charge in [0.05, 0.1) is 0 Å². The Bertz CT molecular complexity index is 952. The summed E-state index contributed by atoms with van der Waals surface area (Å²) in [6, 6.07) is 0. The van der Waals surface area contributed by atoms with Gasteiger partial charge in [0.2, 0.25) is 0 Å². The van der Waals surface area contributed by atoms with E-state index in [0.717, 1.165) is 25.2 Å². The van der Waals surface area contributed by atoms with E-state index >= 15 is 0 Å². The van der Waals surface area contributed by atoms with Crippen LogP contribution >= 0.6 is 0 Å². The van der Waals surface area contributed by atoms with E-state index in [-0.39, 0.29) is 28.3 Å². The van der Waals surface area contributed by atoms with Crippen LogP contribution in [0.2, 0.25) is 0 Å². The molecule has 0 radical (unpaired) electrons. The van der Waals surface area contributed by atoms with Gasteiger partial charge >= 0.3 is 5.97 Å². The first-order valence-corrected chi connectivity index (χ1v) is 14.2. The number of rotatable bonds is 1. The third kappa shape index (κ3) is 2.89. The monoisotopic (exact) mass is 466 g/mol. The molecule has 5 rings (SSSR count). The average Bonchev–Trinajstić information content (AvgIpc) is 2.73. The largest absolute Gasteiger partial charge is 0.462 e. The van der Waals surface area contributed by atoms with Crippen molar-refractivity contribution in [2.45, 2.75) is 126 Å². The second kappa shape index (κ2) is 7.25. The van der Waals surface area contributed by atoms with Crippen molar-refractivity contribution >= 4 is 5.97 Å². The van der Waals surface area contributed by atoms with Crippen molar-refractivity contribution in [3.8, 4) is 0 Å². The first kappa shape index (κ1) is 24.6. The van der Waals surface area contributed by atoms with Crippen molar-refractivity contribution in [3.05, 3.63) is 23.3 Å². The smallest absolute Gasteiger partial charge is 0.302 e. The molecule has 3 fully saturated rings. The van der Waals surface area contributed by atoms with Gasteiger partial charge in [0.15, 0.2) is 0 Å². The molecule has 0 N–H and O–H groups in total. The molecule has 0 aromatic carbocycles. The molecule has 2 heteroatoms. The highest BCUT2D eigenvalue weighted by Crippen LogP contribution is 2.75. The molecular weight excluding hydrogens is 416 g/mol. The number of esters is 1. The van der Waals surface area contributed by atoms with Crippen LogP contribution in [0.4, 0.5) is 0 Å². The first-order chi connectivity index (χ1) is 15.6. The van der Waals surface area contributed by atoms with E-state index in [4.69, 9.17) is 4.74 Å². The third-order valence-electron chi connectivity index (χ3n) is 13.3. The predicted molar refractivity (Wildman–Crippen MR) is 140 cm³/mol. The molecule has 2 nitrogen and oxygen atoms in total. The number of hydrogen-bond acceptors (Lipinski definition) is 2. The van der Waals surface area contributed by atoms with E-state index in [2.05, 4.69) is 67.5 Å². The quantitative estimate of drug-likeness (QED) is 0.361. The minimum Gasteiger partial charge on any atom is -0.462 e. The fourth-order valence-electron chi connectivity index (χ4n) is 10.5. The minimum atomic E-state index is -0.130. The number of fused-ring (bicyclic) bond motifs is 7. The molecule has 0 aromatic heterocycles. The Morgan fingerprint density at radius 3 is 2.21 bits per heavy atom. The maximum absolute atomic E-state index is 11.8. The highest BCUT2D eigenvalue weighted by atomic mass is 16.5. The number of carbonyl (C=O) groups excluding carboxylic acids is 1. The predicted octanol–water partition coefficient (Wildman–Crippen LogP) is 8.66. The van der Waals surface area contributed by atoms with Crippen molar-refractivity contribution in [2.75, 3.05) is 0 Å². The Morgan fingerprint density at radius 2 is 1.53 bits per heavy atom. The molecule has 7 atom stereocenters. The maximum Gasteiger partial charge on any atom is 0.302 e. The second-order valence-electron chi connectivity index (χ2n) is 15.1. The zero-order valence-corrected chi connectivity index (χ0v) is 23.6. The van der Waals surface area contributed by atoms with Crippen molar-refractivity contribution < 1.29 is 9.53 Å². The van der Waals surface area contributed by atoms with Crippen LogP contribution in [0, 0.1) is 44.3 Å². The van der Waals surface area contributed by atoms with Gasteiger partial charge in [-0.1, -0.05) is 74.0 Å². The van der Waals surface area contributed by atoms with Gasteiger partial charge in [0, 0.05) is 12.3 Å². The molecule has 0 aliphatic heterocycles. The van der Waals surface area contributed by atoms with E-state index < -0.39 is 0 Å². The SMILES string of the molecule is CC(=O)O[C@H]1CC[C@]2(C)C3=CC[C@@]4(C)[C@@H]5CCCC(C)(C)[C@@]5(C)CC[C@]4(C)C3=CC[C@H]2C1(C)C. The van der Waals surface area contributed by atoms with Crippen molar-refractivity contribution in [1.82, 2.24) is 0 Å². The summed E-state index contributed by atoms with van der Waals surface area (Å²) in [5.74, 6) is 1.18.